The van der Waals surface area contributed by atoms with Crippen LogP contribution in [0, 0.1) is 0 Å². The minimum absolute atomic E-state index is 0.244. The number of pyridine rings is 1. The van der Waals surface area contributed by atoms with E-state index in [1.807, 2.05) is 32.0 Å². The topological polar surface area (TPSA) is 86.5 Å². The molecule has 0 saturated carbocycles. The molecule has 0 aliphatic rings. The second-order valence-corrected chi connectivity index (χ2v) is 5.57. The SMILES string of the molecule is CCOc1ccc(-c2nc(CNC(=O)c3ccccn3)co2)cc1OCC. The third-order valence-electron chi connectivity index (χ3n) is 3.67. The number of nitrogens with zero attached hydrogens (tertiary/aromatic N) is 2. The number of amides is 1. The van der Waals surface area contributed by atoms with E-state index >= 15 is 0 Å². The monoisotopic (exact) mass is 367 g/mol. The molecule has 0 aliphatic heterocycles. The van der Waals surface area contributed by atoms with Crippen LogP contribution in [0.15, 0.2) is 53.3 Å². The maximum absolute atomic E-state index is 12.0. The largest absolute Gasteiger partial charge is 0.490 e. The smallest absolute Gasteiger partial charge is 0.270 e. The Bertz CT molecular complexity index is 893. The number of aromatic nitrogens is 2. The molecule has 3 aromatic rings. The third-order valence-corrected chi connectivity index (χ3v) is 3.67. The first kappa shape index (κ1) is 18.4. The molecule has 7 nitrogen and oxygen atoms in total. The highest BCUT2D eigenvalue weighted by molar-refractivity contribution is 5.92. The van der Waals surface area contributed by atoms with Crippen molar-refractivity contribution in [3.05, 3.63) is 60.2 Å². The van der Waals surface area contributed by atoms with Gasteiger partial charge in [-0.3, -0.25) is 9.78 Å². The average Bonchev–Trinajstić information content (AvgIpc) is 3.17. The minimum atomic E-state index is -0.264. The first-order valence-electron chi connectivity index (χ1n) is 8.75. The highest BCUT2D eigenvalue weighted by atomic mass is 16.5. The van der Waals surface area contributed by atoms with Gasteiger partial charge in [-0.05, 0) is 44.2 Å². The first-order chi connectivity index (χ1) is 13.2. The Kier molecular flexibility index (Phi) is 6.04. The van der Waals surface area contributed by atoms with Crippen LogP contribution in [0.1, 0.15) is 30.0 Å². The van der Waals surface area contributed by atoms with Gasteiger partial charge in [0.25, 0.3) is 5.91 Å². The van der Waals surface area contributed by atoms with Crippen LogP contribution < -0.4 is 14.8 Å². The van der Waals surface area contributed by atoms with Crippen LogP contribution in [0.3, 0.4) is 0 Å². The molecule has 7 heteroatoms. The van der Waals surface area contributed by atoms with Gasteiger partial charge in [-0.25, -0.2) is 4.98 Å². The molecule has 1 N–H and O–H groups in total. The summed E-state index contributed by atoms with van der Waals surface area (Å²) < 4.78 is 16.7. The third kappa shape index (κ3) is 4.63. The Morgan fingerprint density at radius 2 is 1.93 bits per heavy atom. The Balaban J connectivity index is 1.70. The lowest BCUT2D eigenvalue weighted by molar-refractivity contribution is 0.0945. The molecule has 2 heterocycles. The van der Waals surface area contributed by atoms with E-state index in [-0.39, 0.29) is 12.5 Å². The summed E-state index contributed by atoms with van der Waals surface area (Å²) in [6.45, 7) is 5.16. The summed E-state index contributed by atoms with van der Waals surface area (Å²) in [5.74, 6) is 1.50. The van der Waals surface area contributed by atoms with E-state index in [9.17, 15) is 4.79 Å². The predicted octanol–water partition coefficient (Wildman–Crippen LogP) is 3.46. The number of hydrogen-bond donors (Lipinski definition) is 1. The predicted molar refractivity (Wildman–Crippen MR) is 99.7 cm³/mol. The molecule has 0 unspecified atom stereocenters. The van der Waals surface area contributed by atoms with Gasteiger partial charge in [0.1, 0.15) is 12.0 Å². The minimum Gasteiger partial charge on any atom is -0.490 e. The highest BCUT2D eigenvalue weighted by Crippen LogP contribution is 2.32. The molecular weight excluding hydrogens is 346 g/mol. The molecule has 0 fully saturated rings. The summed E-state index contributed by atoms with van der Waals surface area (Å²) in [5, 5.41) is 2.77. The van der Waals surface area contributed by atoms with Gasteiger partial charge in [0.15, 0.2) is 11.5 Å². The molecule has 1 aromatic carbocycles. The summed E-state index contributed by atoms with van der Waals surface area (Å²) in [7, 11) is 0. The van der Waals surface area contributed by atoms with Crippen LogP contribution in [0.4, 0.5) is 0 Å². The van der Waals surface area contributed by atoms with Gasteiger partial charge in [-0.15, -0.1) is 0 Å². The zero-order chi connectivity index (χ0) is 19.1. The zero-order valence-corrected chi connectivity index (χ0v) is 15.3. The molecule has 0 aliphatic carbocycles. The Morgan fingerprint density at radius 1 is 1.11 bits per heavy atom. The fourth-order valence-corrected chi connectivity index (χ4v) is 2.46. The maximum Gasteiger partial charge on any atom is 0.270 e. The second kappa shape index (κ2) is 8.84. The van der Waals surface area contributed by atoms with E-state index in [2.05, 4.69) is 15.3 Å². The summed E-state index contributed by atoms with van der Waals surface area (Å²) in [4.78, 5) is 20.5. The number of carbonyl (C=O) groups excluding carboxylic acids is 1. The molecule has 0 spiro atoms. The normalized spacial score (nSPS) is 10.4. The molecule has 27 heavy (non-hydrogen) atoms. The number of nitrogens with one attached hydrogen (secondary N) is 1. The molecular formula is C20H21N3O4. The van der Waals surface area contributed by atoms with Crippen molar-refractivity contribution in [2.45, 2.75) is 20.4 Å². The van der Waals surface area contributed by atoms with Crippen molar-refractivity contribution in [2.75, 3.05) is 13.2 Å². The lowest BCUT2D eigenvalue weighted by atomic mass is 10.2. The molecule has 3 rings (SSSR count). The van der Waals surface area contributed by atoms with Crippen molar-refractivity contribution in [1.29, 1.82) is 0 Å². The van der Waals surface area contributed by atoms with Gasteiger partial charge in [0.2, 0.25) is 5.89 Å². The van der Waals surface area contributed by atoms with Crippen molar-refractivity contribution < 1.29 is 18.7 Å². The molecule has 0 bridgehead atoms. The Hall–Kier alpha value is -3.35. The molecule has 2 aromatic heterocycles. The van der Waals surface area contributed by atoms with Crippen molar-refractivity contribution in [1.82, 2.24) is 15.3 Å². The summed E-state index contributed by atoms with van der Waals surface area (Å²) >= 11 is 0. The van der Waals surface area contributed by atoms with Crippen LogP contribution in [0.5, 0.6) is 11.5 Å². The van der Waals surface area contributed by atoms with E-state index in [4.69, 9.17) is 13.9 Å². The fraction of sp³-hybridized carbons (Fsp3) is 0.250. The van der Waals surface area contributed by atoms with Gasteiger partial charge in [0.05, 0.1) is 25.5 Å². The number of oxazole rings is 1. The van der Waals surface area contributed by atoms with Crippen molar-refractivity contribution in [3.8, 4) is 23.0 Å². The number of hydrogen-bond acceptors (Lipinski definition) is 6. The van der Waals surface area contributed by atoms with Crippen molar-refractivity contribution in [2.24, 2.45) is 0 Å². The van der Waals surface area contributed by atoms with Gasteiger partial charge in [-0.1, -0.05) is 6.07 Å². The van der Waals surface area contributed by atoms with Crippen LogP contribution in [0.2, 0.25) is 0 Å². The quantitative estimate of drug-likeness (QED) is 0.656. The van der Waals surface area contributed by atoms with E-state index in [1.165, 1.54) is 6.26 Å². The standard InChI is InChI=1S/C20H21N3O4/c1-3-25-17-9-8-14(11-18(17)26-4-2)20-23-15(13-27-20)12-22-19(24)16-7-5-6-10-21-16/h5-11,13H,3-4,12H2,1-2H3,(H,22,24). The van der Waals surface area contributed by atoms with Crippen molar-refractivity contribution >= 4 is 5.91 Å². The van der Waals surface area contributed by atoms with Crippen LogP contribution in [-0.4, -0.2) is 29.1 Å². The first-order valence-corrected chi connectivity index (χ1v) is 8.75. The summed E-state index contributed by atoms with van der Waals surface area (Å²) in [5.41, 5.74) is 1.74. The molecule has 0 atom stereocenters. The number of ether oxygens (including phenoxy) is 2. The summed E-state index contributed by atoms with van der Waals surface area (Å²) in [6.07, 6.45) is 3.09. The lowest BCUT2D eigenvalue weighted by Gasteiger charge is -2.11. The van der Waals surface area contributed by atoms with Crippen molar-refractivity contribution in [3.63, 3.8) is 0 Å². The Labute approximate surface area is 157 Å². The van der Waals surface area contributed by atoms with E-state index < -0.39 is 0 Å². The van der Waals surface area contributed by atoms with Gasteiger partial charge in [0, 0.05) is 11.8 Å². The van der Waals surface area contributed by atoms with Crippen LogP contribution >= 0.6 is 0 Å². The Morgan fingerprint density at radius 3 is 2.67 bits per heavy atom. The van der Waals surface area contributed by atoms with Crippen LogP contribution in [0.25, 0.3) is 11.5 Å². The average molecular weight is 367 g/mol. The number of benzene rings is 1. The zero-order valence-electron chi connectivity index (χ0n) is 15.3. The summed E-state index contributed by atoms with van der Waals surface area (Å²) in [6, 6.07) is 10.7. The number of carbonyl (C=O) groups is 1. The van der Waals surface area contributed by atoms with E-state index in [1.54, 1.807) is 24.4 Å². The lowest BCUT2D eigenvalue weighted by Crippen LogP contribution is -2.23. The van der Waals surface area contributed by atoms with Gasteiger partial charge >= 0.3 is 0 Å². The second-order valence-electron chi connectivity index (χ2n) is 5.57. The van der Waals surface area contributed by atoms with Crippen LogP contribution in [-0.2, 0) is 6.54 Å². The molecule has 140 valence electrons. The van der Waals surface area contributed by atoms with Gasteiger partial charge in [-0.2, -0.15) is 0 Å². The molecule has 0 saturated heterocycles. The van der Waals surface area contributed by atoms with E-state index in [0.717, 1.165) is 5.56 Å². The van der Waals surface area contributed by atoms with Gasteiger partial charge < -0.3 is 19.2 Å². The maximum atomic E-state index is 12.0. The van der Waals surface area contributed by atoms with E-state index in [0.29, 0.717) is 42.0 Å². The molecule has 1 amide bonds. The molecule has 0 radical (unpaired) electrons. The highest BCUT2D eigenvalue weighted by Gasteiger charge is 2.13. The fourth-order valence-electron chi connectivity index (χ4n) is 2.46. The number of rotatable bonds is 8.